The quantitative estimate of drug-likeness (QED) is 0.877. The molecule has 1 fully saturated rings. The van der Waals surface area contributed by atoms with E-state index in [9.17, 15) is 0 Å². The van der Waals surface area contributed by atoms with Crippen LogP contribution in [0.3, 0.4) is 0 Å². The second kappa shape index (κ2) is 5.03. The standard InChI is InChI=1S/C13H20N6/c1-9-10(6-7-12-15-13(14)17-16-12)8-19(18-9)11-4-2-3-5-11/h8,11H,2-7H2,1H3,(H3,14,15,16,17). The summed E-state index contributed by atoms with van der Waals surface area (Å²) in [4.78, 5) is 4.12. The van der Waals surface area contributed by atoms with Crippen LogP contribution < -0.4 is 5.73 Å². The number of nitrogen functional groups attached to an aromatic ring is 1. The van der Waals surface area contributed by atoms with Crippen LogP contribution in [0.25, 0.3) is 0 Å². The highest BCUT2D eigenvalue weighted by Crippen LogP contribution is 2.29. The van der Waals surface area contributed by atoms with Crippen LogP contribution in [-0.2, 0) is 12.8 Å². The van der Waals surface area contributed by atoms with E-state index >= 15 is 0 Å². The molecular weight excluding hydrogens is 240 g/mol. The minimum atomic E-state index is 0.313. The van der Waals surface area contributed by atoms with Crippen LogP contribution in [0.2, 0.25) is 0 Å². The van der Waals surface area contributed by atoms with E-state index in [-0.39, 0.29) is 0 Å². The number of aromatic nitrogens is 5. The van der Waals surface area contributed by atoms with Gasteiger partial charge in [0.2, 0.25) is 5.95 Å². The minimum absolute atomic E-state index is 0.313. The summed E-state index contributed by atoms with van der Waals surface area (Å²) in [6.45, 7) is 2.08. The lowest BCUT2D eigenvalue weighted by Gasteiger charge is -2.08. The van der Waals surface area contributed by atoms with E-state index in [1.54, 1.807) is 0 Å². The van der Waals surface area contributed by atoms with Crippen molar-refractivity contribution in [3.8, 4) is 0 Å². The Bertz CT molecular complexity index is 549. The third-order valence-electron chi connectivity index (χ3n) is 3.90. The van der Waals surface area contributed by atoms with Crippen LogP contribution in [0, 0.1) is 6.92 Å². The van der Waals surface area contributed by atoms with Crippen molar-refractivity contribution in [1.82, 2.24) is 25.0 Å². The zero-order valence-electron chi connectivity index (χ0n) is 11.3. The number of hydrogen-bond donors (Lipinski definition) is 2. The van der Waals surface area contributed by atoms with E-state index < -0.39 is 0 Å². The van der Waals surface area contributed by atoms with Crippen molar-refractivity contribution >= 4 is 5.95 Å². The van der Waals surface area contributed by atoms with E-state index in [1.807, 2.05) is 0 Å². The fourth-order valence-corrected chi connectivity index (χ4v) is 2.80. The predicted molar refractivity (Wildman–Crippen MR) is 72.7 cm³/mol. The molecule has 2 heterocycles. The maximum absolute atomic E-state index is 5.49. The van der Waals surface area contributed by atoms with Crippen molar-refractivity contribution in [2.45, 2.75) is 51.5 Å². The number of hydrogen-bond acceptors (Lipinski definition) is 4. The molecule has 0 aromatic carbocycles. The van der Waals surface area contributed by atoms with Gasteiger partial charge < -0.3 is 5.73 Å². The molecule has 6 heteroatoms. The van der Waals surface area contributed by atoms with Crippen LogP contribution >= 0.6 is 0 Å². The lowest BCUT2D eigenvalue weighted by molar-refractivity contribution is 0.464. The Morgan fingerprint density at radius 2 is 2.16 bits per heavy atom. The summed E-state index contributed by atoms with van der Waals surface area (Å²) in [6, 6.07) is 0.605. The molecule has 0 bridgehead atoms. The smallest absolute Gasteiger partial charge is 0.239 e. The van der Waals surface area contributed by atoms with Gasteiger partial charge in [-0.2, -0.15) is 10.1 Å². The van der Waals surface area contributed by atoms with Gasteiger partial charge in [-0.25, -0.2) is 0 Å². The van der Waals surface area contributed by atoms with E-state index in [4.69, 9.17) is 5.73 Å². The highest BCUT2D eigenvalue weighted by Gasteiger charge is 2.18. The summed E-state index contributed by atoms with van der Waals surface area (Å²) >= 11 is 0. The van der Waals surface area contributed by atoms with E-state index in [0.717, 1.165) is 24.4 Å². The Morgan fingerprint density at radius 1 is 1.37 bits per heavy atom. The first-order valence-electron chi connectivity index (χ1n) is 6.94. The maximum Gasteiger partial charge on any atom is 0.239 e. The number of anilines is 1. The number of nitrogens with one attached hydrogen (secondary N) is 1. The van der Waals surface area contributed by atoms with Crippen molar-refractivity contribution in [2.75, 3.05) is 5.73 Å². The van der Waals surface area contributed by atoms with Gasteiger partial charge in [0.1, 0.15) is 5.82 Å². The first-order valence-corrected chi connectivity index (χ1v) is 6.94. The first-order chi connectivity index (χ1) is 9.22. The normalized spacial score (nSPS) is 16.3. The van der Waals surface area contributed by atoms with E-state index in [0.29, 0.717) is 12.0 Å². The average molecular weight is 260 g/mol. The molecule has 1 aliphatic rings. The van der Waals surface area contributed by atoms with Gasteiger partial charge in [-0.05, 0) is 31.7 Å². The van der Waals surface area contributed by atoms with E-state index in [1.165, 1.54) is 31.2 Å². The number of aromatic amines is 1. The second-order valence-electron chi connectivity index (χ2n) is 5.30. The molecule has 0 atom stereocenters. The molecule has 1 aliphatic carbocycles. The van der Waals surface area contributed by atoms with Crippen LogP contribution in [0.4, 0.5) is 5.95 Å². The Kier molecular flexibility index (Phi) is 3.23. The summed E-state index contributed by atoms with van der Waals surface area (Å²) in [5, 5.41) is 11.3. The van der Waals surface area contributed by atoms with E-state index in [2.05, 4.69) is 38.1 Å². The average Bonchev–Trinajstić information content (AvgIpc) is 3.07. The van der Waals surface area contributed by atoms with Crippen molar-refractivity contribution < 1.29 is 0 Å². The molecular formula is C13H20N6. The molecule has 1 saturated carbocycles. The highest BCUT2D eigenvalue weighted by molar-refractivity contribution is 5.18. The molecule has 0 spiro atoms. The van der Waals surface area contributed by atoms with Crippen molar-refractivity contribution in [2.24, 2.45) is 0 Å². The summed E-state index contributed by atoms with van der Waals surface area (Å²) in [5.74, 6) is 1.15. The van der Waals surface area contributed by atoms with Gasteiger partial charge in [0.15, 0.2) is 0 Å². The van der Waals surface area contributed by atoms with Crippen molar-refractivity contribution in [1.29, 1.82) is 0 Å². The number of rotatable bonds is 4. The van der Waals surface area contributed by atoms with Gasteiger partial charge in [-0.3, -0.25) is 9.78 Å². The van der Waals surface area contributed by atoms with Gasteiger partial charge in [0.05, 0.1) is 11.7 Å². The molecule has 0 radical (unpaired) electrons. The second-order valence-corrected chi connectivity index (χ2v) is 5.30. The molecule has 2 aromatic rings. The van der Waals surface area contributed by atoms with Crippen LogP contribution in [0.15, 0.2) is 6.20 Å². The fourth-order valence-electron chi connectivity index (χ4n) is 2.80. The van der Waals surface area contributed by atoms with Gasteiger partial charge in [-0.1, -0.05) is 12.8 Å². The molecule has 3 rings (SSSR count). The molecule has 102 valence electrons. The third kappa shape index (κ3) is 2.62. The van der Waals surface area contributed by atoms with Crippen LogP contribution in [-0.4, -0.2) is 25.0 Å². The van der Waals surface area contributed by atoms with Crippen LogP contribution in [0.5, 0.6) is 0 Å². The molecule has 3 N–H and O–H groups in total. The summed E-state index contributed by atoms with van der Waals surface area (Å²) in [7, 11) is 0. The Balaban J connectivity index is 1.67. The lowest BCUT2D eigenvalue weighted by atomic mass is 10.1. The van der Waals surface area contributed by atoms with Crippen molar-refractivity contribution in [3.05, 3.63) is 23.3 Å². The van der Waals surface area contributed by atoms with Gasteiger partial charge in [0.25, 0.3) is 0 Å². The monoisotopic (exact) mass is 260 g/mol. The van der Waals surface area contributed by atoms with Crippen LogP contribution in [0.1, 0.15) is 48.8 Å². The van der Waals surface area contributed by atoms with Gasteiger partial charge >= 0.3 is 0 Å². The Morgan fingerprint density at radius 3 is 2.84 bits per heavy atom. The SMILES string of the molecule is Cc1nn(C2CCCC2)cc1CCc1nc(N)n[nH]1. The highest BCUT2D eigenvalue weighted by atomic mass is 15.3. The number of nitrogens with two attached hydrogens (primary N) is 1. The number of nitrogens with zero attached hydrogens (tertiary/aromatic N) is 4. The zero-order chi connectivity index (χ0) is 13.2. The Labute approximate surface area is 112 Å². The molecule has 2 aromatic heterocycles. The topological polar surface area (TPSA) is 85.4 Å². The molecule has 0 saturated heterocycles. The zero-order valence-corrected chi connectivity index (χ0v) is 11.3. The first kappa shape index (κ1) is 12.2. The number of aryl methyl sites for hydroxylation is 3. The molecule has 0 unspecified atom stereocenters. The largest absolute Gasteiger partial charge is 0.367 e. The van der Waals surface area contributed by atoms with Crippen molar-refractivity contribution in [3.63, 3.8) is 0 Å². The molecule has 0 amide bonds. The maximum atomic E-state index is 5.49. The Hall–Kier alpha value is -1.85. The van der Waals surface area contributed by atoms with Gasteiger partial charge in [0, 0.05) is 12.6 Å². The summed E-state index contributed by atoms with van der Waals surface area (Å²) in [5.41, 5.74) is 7.91. The predicted octanol–water partition coefficient (Wildman–Crippen LogP) is 1.79. The third-order valence-corrected chi connectivity index (χ3v) is 3.90. The summed E-state index contributed by atoms with van der Waals surface area (Å²) in [6.07, 6.45) is 9.13. The number of H-pyrrole nitrogens is 1. The molecule has 6 nitrogen and oxygen atoms in total. The molecule has 0 aliphatic heterocycles. The molecule has 19 heavy (non-hydrogen) atoms. The summed E-state index contributed by atoms with van der Waals surface area (Å²) < 4.78 is 2.16. The fraction of sp³-hybridized carbons (Fsp3) is 0.615. The minimum Gasteiger partial charge on any atom is -0.367 e. The van der Waals surface area contributed by atoms with Gasteiger partial charge in [-0.15, -0.1) is 5.10 Å². The lowest BCUT2D eigenvalue weighted by Crippen LogP contribution is -2.04.